The normalized spacial score (nSPS) is 14.9. The summed E-state index contributed by atoms with van der Waals surface area (Å²) in [5.74, 6) is 0.360. The van der Waals surface area contributed by atoms with Crippen LogP contribution in [0.1, 0.15) is 36.5 Å². The van der Waals surface area contributed by atoms with Gasteiger partial charge >= 0.3 is 0 Å². The van der Waals surface area contributed by atoms with Crippen molar-refractivity contribution in [3.63, 3.8) is 0 Å². The first-order valence-corrected chi connectivity index (χ1v) is 11.5. The summed E-state index contributed by atoms with van der Waals surface area (Å²) in [6, 6.07) is 10.9. The summed E-state index contributed by atoms with van der Waals surface area (Å²) < 4.78 is 11.1. The number of imide groups is 1. The molecule has 7 nitrogen and oxygen atoms in total. The number of thioether (sulfide) groups is 1. The Morgan fingerprint density at radius 1 is 1.15 bits per heavy atom. The van der Waals surface area contributed by atoms with Gasteiger partial charge in [-0.2, -0.15) is 0 Å². The minimum atomic E-state index is -0.615. The summed E-state index contributed by atoms with van der Waals surface area (Å²) >= 11 is 7.04. The number of primary amides is 1. The summed E-state index contributed by atoms with van der Waals surface area (Å²) in [4.78, 5) is 37.5. The number of carbonyl (C=O) groups excluding carboxylic acids is 3. The van der Waals surface area contributed by atoms with Gasteiger partial charge in [0, 0.05) is 0 Å². The Balaban J connectivity index is 1.65. The molecule has 9 heteroatoms. The molecule has 0 saturated carbocycles. The molecule has 0 spiro atoms. The highest BCUT2D eigenvalue weighted by Crippen LogP contribution is 2.34. The topological polar surface area (TPSA) is 98.9 Å². The van der Waals surface area contributed by atoms with Crippen molar-refractivity contribution in [3.8, 4) is 11.5 Å². The Morgan fingerprint density at radius 3 is 2.58 bits per heavy atom. The molecule has 0 radical (unpaired) electrons. The summed E-state index contributed by atoms with van der Waals surface area (Å²) in [5.41, 5.74) is 7.84. The first kappa shape index (κ1) is 24.7. The van der Waals surface area contributed by atoms with Gasteiger partial charge in [-0.3, -0.25) is 19.3 Å². The molecule has 1 aliphatic rings. The third-order valence-electron chi connectivity index (χ3n) is 4.86. The van der Waals surface area contributed by atoms with Crippen molar-refractivity contribution in [2.75, 3.05) is 19.8 Å². The molecule has 0 aromatic heterocycles. The highest BCUT2D eigenvalue weighted by molar-refractivity contribution is 8.18. The predicted molar refractivity (Wildman–Crippen MR) is 130 cm³/mol. The number of aryl methyl sites for hydroxylation is 1. The molecule has 0 aliphatic carbocycles. The number of amides is 3. The minimum Gasteiger partial charge on any atom is -0.491 e. The number of nitrogens with two attached hydrogens (primary N) is 1. The van der Waals surface area contributed by atoms with Crippen molar-refractivity contribution < 1.29 is 23.9 Å². The molecule has 3 amide bonds. The minimum absolute atomic E-state index is 0.147. The van der Waals surface area contributed by atoms with Gasteiger partial charge < -0.3 is 15.2 Å². The van der Waals surface area contributed by atoms with Crippen LogP contribution in [-0.2, 0) is 9.59 Å². The third kappa shape index (κ3) is 6.30. The van der Waals surface area contributed by atoms with Crippen molar-refractivity contribution >= 4 is 46.5 Å². The highest BCUT2D eigenvalue weighted by Gasteiger charge is 2.34. The van der Waals surface area contributed by atoms with E-state index in [2.05, 4.69) is 13.8 Å². The molecule has 1 saturated heterocycles. The van der Waals surface area contributed by atoms with Gasteiger partial charge in [-0.05, 0) is 65.6 Å². The van der Waals surface area contributed by atoms with Gasteiger partial charge in [0.1, 0.15) is 18.1 Å². The molecule has 174 valence electrons. The SMILES string of the molecule is Cc1ccc(C(C)C)c(OCCN2C(=O)S/C(=C\c3ccc(OCC(N)=O)c(Cl)c3)C2=O)c1. The van der Waals surface area contributed by atoms with Crippen LogP contribution in [0.3, 0.4) is 0 Å². The van der Waals surface area contributed by atoms with Gasteiger partial charge in [-0.1, -0.05) is 43.6 Å². The van der Waals surface area contributed by atoms with E-state index in [0.29, 0.717) is 22.1 Å². The van der Waals surface area contributed by atoms with Crippen LogP contribution in [0.25, 0.3) is 6.08 Å². The summed E-state index contributed by atoms with van der Waals surface area (Å²) in [6.07, 6.45) is 1.59. The number of benzene rings is 2. The van der Waals surface area contributed by atoms with Crippen molar-refractivity contribution in [3.05, 3.63) is 63.0 Å². The van der Waals surface area contributed by atoms with Gasteiger partial charge in [-0.25, -0.2) is 0 Å². The highest BCUT2D eigenvalue weighted by atomic mass is 35.5. The fourth-order valence-electron chi connectivity index (χ4n) is 3.21. The van der Waals surface area contributed by atoms with E-state index in [0.717, 1.165) is 28.6 Å². The van der Waals surface area contributed by atoms with Gasteiger partial charge in [0.05, 0.1) is 16.5 Å². The predicted octanol–water partition coefficient (Wildman–Crippen LogP) is 4.75. The lowest BCUT2D eigenvalue weighted by Crippen LogP contribution is -2.32. The van der Waals surface area contributed by atoms with Crippen LogP contribution in [-0.4, -0.2) is 41.7 Å². The average Bonchev–Trinajstić information content (AvgIpc) is 3.00. The summed E-state index contributed by atoms with van der Waals surface area (Å²) in [7, 11) is 0. The zero-order chi connectivity index (χ0) is 24.1. The standard InChI is InChI=1S/C24H25ClN2O5S/c1-14(2)17-6-4-15(3)10-20(17)31-9-8-27-23(29)21(33-24(27)30)12-16-5-7-19(18(25)11-16)32-13-22(26)28/h4-7,10-12,14H,8-9,13H2,1-3H3,(H2,26,28)/b21-12-. The molecule has 2 aromatic rings. The fraction of sp³-hybridized carbons (Fsp3) is 0.292. The lowest BCUT2D eigenvalue weighted by Gasteiger charge is -2.17. The van der Waals surface area contributed by atoms with Crippen LogP contribution in [0, 0.1) is 6.92 Å². The zero-order valence-electron chi connectivity index (χ0n) is 18.6. The molecular weight excluding hydrogens is 464 g/mol. The largest absolute Gasteiger partial charge is 0.491 e. The maximum atomic E-state index is 12.8. The van der Waals surface area contributed by atoms with Crippen LogP contribution in [0.15, 0.2) is 41.3 Å². The Morgan fingerprint density at radius 2 is 1.91 bits per heavy atom. The Labute approximate surface area is 201 Å². The second kappa shape index (κ2) is 10.8. The molecule has 1 aliphatic heterocycles. The third-order valence-corrected chi connectivity index (χ3v) is 6.06. The summed E-state index contributed by atoms with van der Waals surface area (Å²) in [6.45, 7) is 6.21. The second-order valence-electron chi connectivity index (χ2n) is 7.82. The molecule has 3 rings (SSSR count). The van der Waals surface area contributed by atoms with E-state index in [4.69, 9.17) is 26.8 Å². The fourth-order valence-corrected chi connectivity index (χ4v) is 4.32. The monoisotopic (exact) mass is 488 g/mol. The first-order chi connectivity index (χ1) is 15.7. The number of carbonyl (C=O) groups is 3. The molecule has 2 N–H and O–H groups in total. The van der Waals surface area contributed by atoms with E-state index < -0.39 is 5.91 Å². The van der Waals surface area contributed by atoms with Crippen LogP contribution in [0.2, 0.25) is 5.02 Å². The zero-order valence-corrected chi connectivity index (χ0v) is 20.2. The molecule has 0 atom stereocenters. The second-order valence-corrected chi connectivity index (χ2v) is 9.22. The van der Waals surface area contributed by atoms with Crippen LogP contribution in [0.5, 0.6) is 11.5 Å². The number of hydrogen-bond donors (Lipinski definition) is 1. The number of halogens is 1. The van der Waals surface area contributed by atoms with Crippen molar-refractivity contribution in [1.29, 1.82) is 0 Å². The first-order valence-electron chi connectivity index (χ1n) is 10.3. The molecule has 33 heavy (non-hydrogen) atoms. The lowest BCUT2D eigenvalue weighted by atomic mass is 10.0. The molecule has 1 heterocycles. The molecule has 0 bridgehead atoms. The maximum absolute atomic E-state index is 12.8. The maximum Gasteiger partial charge on any atom is 0.293 e. The summed E-state index contributed by atoms with van der Waals surface area (Å²) in [5, 5.41) is -0.0903. The number of rotatable bonds is 9. The van der Waals surface area contributed by atoms with Gasteiger partial charge in [0.15, 0.2) is 6.61 Å². The smallest absolute Gasteiger partial charge is 0.293 e. The number of nitrogens with zero attached hydrogens (tertiary/aromatic N) is 1. The Kier molecular flexibility index (Phi) is 8.05. The number of ether oxygens (including phenoxy) is 2. The molecule has 2 aromatic carbocycles. The average molecular weight is 489 g/mol. The van der Waals surface area contributed by atoms with E-state index in [9.17, 15) is 14.4 Å². The van der Waals surface area contributed by atoms with E-state index in [1.165, 1.54) is 4.90 Å². The van der Waals surface area contributed by atoms with Gasteiger partial charge in [0.25, 0.3) is 17.1 Å². The van der Waals surface area contributed by atoms with Crippen LogP contribution in [0.4, 0.5) is 4.79 Å². The number of hydrogen-bond acceptors (Lipinski definition) is 6. The van der Waals surface area contributed by atoms with Gasteiger partial charge in [0.2, 0.25) is 0 Å². The van der Waals surface area contributed by atoms with Gasteiger partial charge in [-0.15, -0.1) is 0 Å². The van der Waals surface area contributed by atoms with E-state index in [-0.39, 0.29) is 35.9 Å². The van der Waals surface area contributed by atoms with Crippen molar-refractivity contribution in [2.24, 2.45) is 5.73 Å². The van der Waals surface area contributed by atoms with Crippen molar-refractivity contribution in [2.45, 2.75) is 26.7 Å². The lowest BCUT2D eigenvalue weighted by molar-refractivity contribution is -0.123. The molecule has 1 fully saturated rings. The Bertz CT molecular complexity index is 1120. The Hall–Kier alpha value is -2.97. The van der Waals surface area contributed by atoms with Crippen LogP contribution >= 0.6 is 23.4 Å². The quantitative estimate of drug-likeness (QED) is 0.511. The van der Waals surface area contributed by atoms with Crippen molar-refractivity contribution in [1.82, 2.24) is 4.90 Å². The van der Waals surface area contributed by atoms with E-state index >= 15 is 0 Å². The molecule has 0 unspecified atom stereocenters. The molecular formula is C24H25ClN2O5S. The van der Waals surface area contributed by atoms with Crippen LogP contribution < -0.4 is 15.2 Å². The van der Waals surface area contributed by atoms with E-state index in [1.54, 1.807) is 24.3 Å². The van der Waals surface area contributed by atoms with E-state index in [1.807, 2.05) is 25.1 Å².